The van der Waals surface area contributed by atoms with Crippen LogP contribution in [0.4, 0.5) is 9.93 Å². The van der Waals surface area contributed by atoms with Crippen molar-refractivity contribution in [3.63, 3.8) is 0 Å². The van der Waals surface area contributed by atoms with Gasteiger partial charge in [0, 0.05) is 10.3 Å². The highest BCUT2D eigenvalue weighted by Crippen LogP contribution is 2.17. The third-order valence-corrected chi connectivity index (χ3v) is 2.26. The number of ether oxygens (including phenoxy) is 1. The van der Waals surface area contributed by atoms with Crippen LogP contribution in [-0.4, -0.2) is 16.7 Å². The molecule has 92 valence electrons. The van der Waals surface area contributed by atoms with Crippen molar-refractivity contribution in [3.05, 3.63) is 21.5 Å². The number of carbonyl (C=O) groups excluding carboxylic acids is 1. The molecule has 1 heterocycles. The number of carbonyl (C=O) groups is 1. The molecule has 0 saturated heterocycles. The average Bonchev–Trinajstić information content (AvgIpc) is 2.59. The van der Waals surface area contributed by atoms with Crippen LogP contribution >= 0.6 is 11.3 Å². The number of nitrogens with zero attached hydrogens (tertiary/aromatic N) is 4. The predicted octanol–water partition coefficient (Wildman–Crippen LogP) is 3.30. The number of nitrogens with one attached hydrogen (secondary N) is 1. The minimum Gasteiger partial charge on any atom is -0.444 e. The molecule has 0 unspecified atom stereocenters. The molecule has 1 aromatic heterocycles. The second-order valence-electron chi connectivity index (χ2n) is 4.16. The molecule has 0 bridgehead atoms. The molecule has 8 heteroatoms. The van der Waals surface area contributed by atoms with Gasteiger partial charge in [-0.3, -0.25) is 5.32 Å². The second kappa shape index (κ2) is 5.51. The van der Waals surface area contributed by atoms with Crippen LogP contribution in [0.2, 0.25) is 0 Å². The number of anilines is 1. The van der Waals surface area contributed by atoms with E-state index >= 15 is 0 Å². The van der Waals surface area contributed by atoms with E-state index in [1.807, 2.05) is 0 Å². The zero-order valence-electron chi connectivity index (χ0n) is 9.80. The maximum Gasteiger partial charge on any atom is 0.413 e. The minimum atomic E-state index is -0.554. The van der Waals surface area contributed by atoms with Crippen molar-refractivity contribution < 1.29 is 9.53 Å². The molecule has 1 amide bonds. The van der Waals surface area contributed by atoms with Gasteiger partial charge in [0.25, 0.3) is 0 Å². The van der Waals surface area contributed by atoms with E-state index in [0.29, 0.717) is 10.8 Å². The first kappa shape index (κ1) is 13.3. The van der Waals surface area contributed by atoms with E-state index in [1.165, 1.54) is 11.3 Å². The normalized spacial score (nSPS) is 10.5. The van der Waals surface area contributed by atoms with E-state index in [-0.39, 0.29) is 6.54 Å². The summed E-state index contributed by atoms with van der Waals surface area (Å²) in [6, 6.07) is 0. The Labute approximate surface area is 102 Å². The Morgan fingerprint density at radius 3 is 3.00 bits per heavy atom. The fourth-order valence-electron chi connectivity index (χ4n) is 0.932. The number of hydrogen-bond acceptors (Lipinski definition) is 5. The smallest absolute Gasteiger partial charge is 0.413 e. The molecule has 0 saturated carbocycles. The predicted molar refractivity (Wildman–Crippen MR) is 64.8 cm³/mol. The van der Waals surface area contributed by atoms with Crippen molar-refractivity contribution in [1.82, 2.24) is 4.98 Å². The van der Waals surface area contributed by atoms with Gasteiger partial charge in [0.1, 0.15) is 5.60 Å². The van der Waals surface area contributed by atoms with Gasteiger partial charge in [-0.05, 0) is 26.3 Å². The van der Waals surface area contributed by atoms with Crippen LogP contribution in [0.1, 0.15) is 26.5 Å². The molecule has 1 N–H and O–H groups in total. The molecule has 1 rings (SSSR count). The topological polar surface area (TPSA) is 100.0 Å². The third kappa shape index (κ3) is 5.19. The van der Waals surface area contributed by atoms with Crippen molar-refractivity contribution in [2.75, 3.05) is 5.32 Å². The van der Waals surface area contributed by atoms with E-state index in [1.54, 1.807) is 26.2 Å². The average molecular weight is 255 g/mol. The van der Waals surface area contributed by atoms with E-state index in [4.69, 9.17) is 10.3 Å². The number of rotatable bonds is 3. The van der Waals surface area contributed by atoms with Crippen molar-refractivity contribution in [3.8, 4) is 0 Å². The fourth-order valence-corrected chi connectivity index (χ4v) is 1.62. The Morgan fingerprint density at radius 1 is 1.71 bits per heavy atom. The van der Waals surface area contributed by atoms with Gasteiger partial charge in [0.05, 0.1) is 12.2 Å². The maximum atomic E-state index is 11.4. The lowest BCUT2D eigenvalue weighted by atomic mass is 10.2. The SMILES string of the molecule is CC(C)(C)OC(=O)Nc1nc(CN=[N+]=[N-])cs1. The highest BCUT2D eigenvalue weighted by molar-refractivity contribution is 7.13. The number of aromatic nitrogens is 1. The minimum absolute atomic E-state index is 0.170. The van der Waals surface area contributed by atoms with Crippen molar-refractivity contribution in [2.24, 2.45) is 5.11 Å². The molecule has 0 aromatic carbocycles. The van der Waals surface area contributed by atoms with Crippen LogP contribution < -0.4 is 5.32 Å². The van der Waals surface area contributed by atoms with Crippen LogP contribution in [0, 0.1) is 0 Å². The Bertz CT molecular complexity index is 444. The first-order valence-corrected chi connectivity index (χ1v) is 5.74. The maximum absolute atomic E-state index is 11.4. The summed E-state index contributed by atoms with van der Waals surface area (Å²) in [5.41, 5.74) is 8.22. The number of hydrogen-bond donors (Lipinski definition) is 1. The second-order valence-corrected chi connectivity index (χ2v) is 5.02. The van der Waals surface area contributed by atoms with E-state index in [9.17, 15) is 4.79 Å². The molecule has 0 aliphatic heterocycles. The van der Waals surface area contributed by atoms with Crippen molar-refractivity contribution in [2.45, 2.75) is 32.9 Å². The largest absolute Gasteiger partial charge is 0.444 e. The van der Waals surface area contributed by atoms with Crippen molar-refractivity contribution in [1.29, 1.82) is 0 Å². The van der Waals surface area contributed by atoms with E-state index in [0.717, 1.165) is 0 Å². The molecule has 0 fully saturated rings. The lowest BCUT2D eigenvalue weighted by Gasteiger charge is -2.18. The van der Waals surface area contributed by atoms with Gasteiger partial charge in [-0.15, -0.1) is 11.3 Å². The summed E-state index contributed by atoms with van der Waals surface area (Å²) in [7, 11) is 0. The molecule has 7 nitrogen and oxygen atoms in total. The lowest BCUT2D eigenvalue weighted by molar-refractivity contribution is 0.0636. The fraction of sp³-hybridized carbons (Fsp3) is 0.556. The van der Waals surface area contributed by atoms with Crippen LogP contribution in [0.25, 0.3) is 10.4 Å². The summed E-state index contributed by atoms with van der Waals surface area (Å²) < 4.78 is 5.07. The Balaban J connectivity index is 2.54. The molecule has 0 aliphatic carbocycles. The van der Waals surface area contributed by atoms with E-state index < -0.39 is 11.7 Å². The summed E-state index contributed by atoms with van der Waals surface area (Å²) in [6.45, 7) is 5.51. The Hall–Kier alpha value is -1.79. The van der Waals surface area contributed by atoms with E-state index in [2.05, 4.69) is 20.3 Å². The molecule has 17 heavy (non-hydrogen) atoms. The number of thiazole rings is 1. The monoisotopic (exact) mass is 255 g/mol. The summed E-state index contributed by atoms with van der Waals surface area (Å²) >= 11 is 1.25. The highest BCUT2D eigenvalue weighted by Gasteiger charge is 2.17. The van der Waals surface area contributed by atoms with Gasteiger partial charge >= 0.3 is 6.09 Å². The molecule has 0 radical (unpaired) electrons. The molecule has 0 spiro atoms. The summed E-state index contributed by atoms with van der Waals surface area (Å²) in [5.74, 6) is 0. The Kier molecular flexibility index (Phi) is 4.30. The zero-order valence-corrected chi connectivity index (χ0v) is 10.6. The van der Waals surface area contributed by atoms with Crippen LogP contribution in [0.3, 0.4) is 0 Å². The summed E-state index contributed by atoms with van der Waals surface area (Å²) in [5, 5.41) is 8.01. The quantitative estimate of drug-likeness (QED) is 0.509. The van der Waals surface area contributed by atoms with Gasteiger partial charge in [-0.25, -0.2) is 9.78 Å². The summed E-state index contributed by atoms with van der Waals surface area (Å²) in [4.78, 5) is 18.1. The van der Waals surface area contributed by atoms with Gasteiger partial charge in [-0.1, -0.05) is 5.11 Å². The molecular weight excluding hydrogens is 242 g/mol. The van der Waals surface area contributed by atoms with Gasteiger partial charge in [-0.2, -0.15) is 0 Å². The van der Waals surface area contributed by atoms with Gasteiger partial charge in [0.15, 0.2) is 5.13 Å². The van der Waals surface area contributed by atoms with Crippen molar-refractivity contribution >= 4 is 22.6 Å². The number of azide groups is 1. The first-order valence-electron chi connectivity index (χ1n) is 4.86. The standard InChI is InChI=1S/C9H13N5O2S/c1-9(2,3)16-8(15)13-7-12-6(5-17-7)4-11-14-10/h5H,4H2,1-3H3,(H,12,13,15). The molecule has 1 aromatic rings. The Morgan fingerprint density at radius 2 is 2.41 bits per heavy atom. The highest BCUT2D eigenvalue weighted by atomic mass is 32.1. The van der Waals surface area contributed by atoms with Crippen LogP contribution in [0.5, 0.6) is 0 Å². The van der Waals surface area contributed by atoms with Gasteiger partial charge in [0.2, 0.25) is 0 Å². The van der Waals surface area contributed by atoms with Crippen LogP contribution in [-0.2, 0) is 11.3 Å². The van der Waals surface area contributed by atoms with Gasteiger partial charge < -0.3 is 4.74 Å². The summed E-state index contributed by atoms with van der Waals surface area (Å²) in [6.07, 6.45) is -0.554. The zero-order chi connectivity index (χ0) is 12.9. The molecular formula is C9H13N5O2S. The first-order chi connectivity index (χ1) is 7.90. The molecule has 0 aliphatic rings. The number of amides is 1. The lowest BCUT2D eigenvalue weighted by Crippen LogP contribution is -2.27. The molecule has 0 atom stereocenters. The van der Waals surface area contributed by atoms with Crippen LogP contribution in [0.15, 0.2) is 10.5 Å². The third-order valence-electron chi connectivity index (χ3n) is 1.46.